The Morgan fingerprint density at radius 2 is 1.80 bits per heavy atom. The van der Waals surface area contributed by atoms with Crippen molar-refractivity contribution in [3.8, 4) is 0 Å². The molecule has 1 fully saturated rings. The number of sulfone groups is 1. The average Bonchev–Trinajstić information content (AvgIpc) is 2.59. The normalized spacial score (nSPS) is 22.1. The van der Waals surface area contributed by atoms with Crippen LogP contribution in [0.4, 0.5) is 0 Å². The van der Waals surface area contributed by atoms with E-state index in [0.717, 1.165) is 36.3 Å². The van der Waals surface area contributed by atoms with Crippen LogP contribution in [0.3, 0.4) is 0 Å². The second-order valence-electron chi connectivity index (χ2n) is 5.88. The fraction of sp³-hybridized carbons (Fsp3) is 0.500. The highest BCUT2D eigenvalue weighted by molar-refractivity contribution is 7.95. The molecule has 0 N–H and O–H groups in total. The topological polar surface area (TPSA) is 37.4 Å². The van der Waals surface area contributed by atoms with Crippen LogP contribution in [0.5, 0.6) is 0 Å². The Labute approximate surface area is 121 Å². The van der Waals surface area contributed by atoms with Crippen LogP contribution in [0.2, 0.25) is 0 Å². The van der Waals surface area contributed by atoms with E-state index in [1.54, 1.807) is 6.07 Å². The lowest BCUT2D eigenvalue weighted by Crippen LogP contribution is -2.26. The number of likely N-dealkylation sites (tertiary alicyclic amines) is 1. The molecule has 0 atom stereocenters. The van der Waals surface area contributed by atoms with E-state index < -0.39 is 9.84 Å². The van der Waals surface area contributed by atoms with Crippen molar-refractivity contribution in [2.24, 2.45) is 0 Å². The number of hydrogen-bond donors (Lipinski definition) is 0. The number of fused-ring (bicyclic) bond motifs is 1. The highest BCUT2D eigenvalue weighted by Crippen LogP contribution is 2.34. The fourth-order valence-corrected chi connectivity index (χ4v) is 4.66. The number of rotatable bonds is 2. The average molecular weight is 291 g/mol. The minimum atomic E-state index is -3.23. The summed E-state index contributed by atoms with van der Waals surface area (Å²) in [6.45, 7) is 4.86. The molecule has 0 radical (unpaired) electrons. The Hall–Kier alpha value is -1.13. The van der Waals surface area contributed by atoms with E-state index in [-0.39, 0.29) is 0 Å². The second kappa shape index (κ2) is 5.34. The highest BCUT2D eigenvalue weighted by atomic mass is 32.2. The molecule has 3 nitrogen and oxygen atoms in total. The van der Waals surface area contributed by atoms with Crippen LogP contribution in [0.15, 0.2) is 28.5 Å². The Morgan fingerprint density at radius 3 is 2.50 bits per heavy atom. The summed E-state index contributed by atoms with van der Waals surface area (Å²) >= 11 is 0. The number of nitrogens with zero attached hydrogens (tertiary/aromatic N) is 1. The van der Waals surface area contributed by atoms with Gasteiger partial charge in [0.15, 0.2) is 0 Å². The van der Waals surface area contributed by atoms with Gasteiger partial charge in [0.1, 0.15) is 0 Å². The van der Waals surface area contributed by atoms with E-state index in [1.807, 2.05) is 19.1 Å². The van der Waals surface area contributed by atoms with E-state index in [2.05, 4.69) is 4.90 Å². The zero-order chi connectivity index (χ0) is 14.2. The van der Waals surface area contributed by atoms with E-state index in [9.17, 15) is 8.42 Å². The van der Waals surface area contributed by atoms with Crippen LogP contribution in [0, 0.1) is 6.92 Å². The van der Waals surface area contributed by atoms with E-state index in [1.165, 1.54) is 31.1 Å². The molecule has 108 valence electrons. The molecular formula is C16H21NO2S. The molecule has 1 aromatic carbocycles. The second-order valence-corrected chi connectivity index (χ2v) is 7.64. The molecule has 20 heavy (non-hydrogen) atoms. The van der Waals surface area contributed by atoms with Crippen molar-refractivity contribution < 1.29 is 8.42 Å². The van der Waals surface area contributed by atoms with Gasteiger partial charge in [-0.3, -0.25) is 4.90 Å². The smallest absolute Gasteiger partial charge is 0.200 e. The van der Waals surface area contributed by atoms with Gasteiger partial charge in [0.05, 0.1) is 4.90 Å². The Kier molecular flexibility index (Phi) is 3.69. The van der Waals surface area contributed by atoms with Crippen molar-refractivity contribution >= 4 is 15.4 Å². The Bertz CT molecular complexity index is 638. The van der Waals surface area contributed by atoms with Crippen LogP contribution in [-0.4, -0.2) is 33.0 Å². The molecule has 2 aliphatic rings. The van der Waals surface area contributed by atoms with Gasteiger partial charge in [-0.1, -0.05) is 25.0 Å². The van der Waals surface area contributed by atoms with Crippen LogP contribution in [-0.2, 0) is 9.84 Å². The van der Waals surface area contributed by atoms with E-state index in [4.69, 9.17) is 0 Å². The lowest BCUT2D eigenvalue weighted by Gasteiger charge is -2.20. The van der Waals surface area contributed by atoms with Crippen LogP contribution in [0.1, 0.15) is 36.8 Å². The van der Waals surface area contributed by atoms with Crippen LogP contribution in [0.25, 0.3) is 5.57 Å². The molecule has 0 aromatic heterocycles. The molecule has 0 unspecified atom stereocenters. The molecule has 2 aliphatic heterocycles. The molecule has 0 amide bonds. The monoisotopic (exact) mass is 291 g/mol. The van der Waals surface area contributed by atoms with Gasteiger partial charge in [0.25, 0.3) is 0 Å². The zero-order valence-corrected chi connectivity index (χ0v) is 12.7. The third kappa shape index (κ3) is 2.67. The molecule has 4 heteroatoms. The van der Waals surface area contributed by atoms with Gasteiger partial charge < -0.3 is 0 Å². The molecule has 1 saturated heterocycles. The third-order valence-corrected chi connectivity index (χ3v) is 5.73. The predicted octanol–water partition coefficient (Wildman–Crippen LogP) is 3.00. The first-order chi connectivity index (χ1) is 9.56. The molecule has 0 saturated carbocycles. The summed E-state index contributed by atoms with van der Waals surface area (Å²) in [5, 5.41) is 1.47. The summed E-state index contributed by atoms with van der Waals surface area (Å²) in [6.07, 6.45) is 5.04. The van der Waals surface area contributed by atoms with Gasteiger partial charge >= 0.3 is 0 Å². The summed E-state index contributed by atoms with van der Waals surface area (Å²) in [4.78, 5) is 2.88. The molecule has 3 rings (SSSR count). The number of hydrogen-bond acceptors (Lipinski definition) is 3. The van der Waals surface area contributed by atoms with Gasteiger partial charge in [-0.25, -0.2) is 8.42 Å². The first-order valence-corrected chi connectivity index (χ1v) is 8.90. The largest absolute Gasteiger partial charge is 0.299 e. The maximum absolute atomic E-state index is 12.2. The molecule has 2 heterocycles. The summed E-state index contributed by atoms with van der Waals surface area (Å²) in [5.74, 6) is 0. The van der Waals surface area contributed by atoms with Crippen LogP contribution >= 0.6 is 0 Å². The SMILES string of the molecule is Cc1ccc2c(c1)S(=O)(=O)C=C2CN1CCCCCC1. The lowest BCUT2D eigenvalue weighted by molar-refractivity contribution is 0.320. The van der Waals surface area contributed by atoms with Crippen molar-refractivity contribution in [3.63, 3.8) is 0 Å². The predicted molar refractivity (Wildman–Crippen MR) is 81.2 cm³/mol. The molecule has 0 spiro atoms. The lowest BCUT2D eigenvalue weighted by atomic mass is 10.1. The first-order valence-electron chi connectivity index (χ1n) is 7.35. The van der Waals surface area contributed by atoms with Crippen LogP contribution < -0.4 is 0 Å². The molecular weight excluding hydrogens is 270 g/mol. The quantitative estimate of drug-likeness (QED) is 0.840. The summed E-state index contributed by atoms with van der Waals surface area (Å²) in [6, 6.07) is 5.74. The Morgan fingerprint density at radius 1 is 1.10 bits per heavy atom. The minimum Gasteiger partial charge on any atom is -0.299 e. The van der Waals surface area contributed by atoms with Crippen molar-refractivity contribution in [3.05, 3.63) is 34.7 Å². The minimum absolute atomic E-state index is 0.488. The van der Waals surface area contributed by atoms with Gasteiger partial charge in [0, 0.05) is 12.0 Å². The Balaban J connectivity index is 1.88. The maximum atomic E-state index is 12.2. The number of benzene rings is 1. The van der Waals surface area contributed by atoms with Crippen molar-refractivity contribution in [2.45, 2.75) is 37.5 Å². The summed E-state index contributed by atoms with van der Waals surface area (Å²) in [7, 11) is -3.23. The highest BCUT2D eigenvalue weighted by Gasteiger charge is 2.27. The first kappa shape index (κ1) is 13.8. The zero-order valence-electron chi connectivity index (χ0n) is 11.9. The van der Waals surface area contributed by atoms with E-state index >= 15 is 0 Å². The fourth-order valence-electron chi connectivity index (χ4n) is 3.10. The summed E-state index contributed by atoms with van der Waals surface area (Å²) in [5.41, 5.74) is 2.86. The maximum Gasteiger partial charge on any atom is 0.200 e. The standard InChI is InChI=1S/C16H21NO2S/c1-13-6-7-15-14(12-20(18,19)16(15)10-13)11-17-8-4-2-3-5-9-17/h6-7,10,12H,2-5,8-9,11H2,1H3. The molecule has 0 aliphatic carbocycles. The molecule has 0 bridgehead atoms. The van der Waals surface area contributed by atoms with Crippen molar-refractivity contribution in [1.29, 1.82) is 0 Å². The van der Waals surface area contributed by atoms with Crippen molar-refractivity contribution in [1.82, 2.24) is 4.90 Å². The van der Waals surface area contributed by atoms with Gasteiger partial charge in [-0.2, -0.15) is 0 Å². The third-order valence-electron chi connectivity index (χ3n) is 4.18. The summed E-state index contributed by atoms with van der Waals surface area (Å²) < 4.78 is 24.5. The van der Waals surface area contributed by atoms with E-state index in [0.29, 0.717) is 4.90 Å². The number of aryl methyl sites for hydroxylation is 1. The molecule has 1 aromatic rings. The van der Waals surface area contributed by atoms with Gasteiger partial charge in [0.2, 0.25) is 9.84 Å². The van der Waals surface area contributed by atoms with Gasteiger partial charge in [-0.05, 0) is 55.6 Å². The van der Waals surface area contributed by atoms with Crippen molar-refractivity contribution in [2.75, 3.05) is 19.6 Å². The van der Waals surface area contributed by atoms with Gasteiger partial charge in [-0.15, -0.1) is 0 Å².